The highest BCUT2D eigenvalue weighted by molar-refractivity contribution is 6.30. The molecule has 0 saturated heterocycles. The summed E-state index contributed by atoms with van der Waals surface area (Å²) in [5.74, 6) is -1.77. The van der Waals surface area contributed by atoms with E-state index in [0.29, 0.717) is 22.7 Å². The van der Waals surface area contributed by atoms with Gasteiger partial charge in [-0.25, -0.2) is 9.78 Å². The van der Waals surface area contributed by atoms with Gasteiger partial charge in [0.05, 0.1) is 6.20 Å². The van der Waals surface area contributed by atoms with E-state index in [4.69, 9.17) is 16.7 Å². The highest BCUT2D eigenvalue weighted by atomic mass is 35.5. The number of carboxylic acids is 1. The molecule has 7 rings (SSSR count). The standard InChI is InChI=1S/C33H24ClNO3.C4H3N3O2/c1-19(36)35-24-7-4-6-21(16-24)28-18-30(37)29(15-20-9-11-23(34)12-10-20)32-27(28)14-13-26-25-8-3-2-5-22(25)17-31(38)33(26)32;8-4(9)3-1-5-2-6-7-3/h2-14,16-17,29H,15,18H2,1H3,(H,35,36);1-2H,(H,8,9). The molecule has 0 aliphatic heterocycles. The number of anilines is 1. The van der Waals surface area contributed by atoms with Crippen molar-refractivity contribution in [3.63, 3.8) is 0 Å². The van der Waals surface area contributed by atoms with E-state index in [9.17, 15) is 19.2 Å². The van der Waals surface area contributed by atoms with Crippen LogP contribution >= 0.6 is 11.6 Å². The molecule has 1 aromatic heterocycles. The van der Waals surface area contributed by atoms with Crippen LogP contribution < -0.4 is 15.8 Å². The first-order valence-corrected chi connectivity index (χ1v) is 15.1. The van der Waals surface area contributed by atoms with Crippen LogP contribution in [0.2, 0.25) is 5.02 Å². The molecule has 9 nitrogen and oxygen atoms in total. The predicted molar refractivity (Wildman–Crippen MR) is 176 cm³/mol. The summed E-state index contributed by atoms with van der Waals surface area (Å²) in [6.45, 7) is 1.47. The molecule has 2 aliphatic carbocycles. The van der Waals surface area contributed by atoms with E-state index >= 15 is 0 Å². The zero-order valence-corrected chi connectivity index (χ0v) is 25.9. The fourth-order valence-electron chi connectivity index (χ4n) is 6.03. The first-order chi connectivity index (χ1) is 22.7. The molecule has 0 bridgehead atoms. The maximum atomic E-state index is 13.9. The molecule has 0 saturated carbocycles. The van der Waals surface area contributed by atoms with Crippen molar-refractivity contribution in [2.24, 2.45) is 0 Å². The van der Waals surface area contributed by atoms with Crippen molar-refractivity contribution in [1.82, 2.24) is 15.2 Å². The Morgan fingerprint density at radius 1 is 0.936 bits per heavy atom. The summed E-state index contributed by atoms with van der Waals surface area (Å²) >= 11 is 6.11. The van der Waals surface area contributed by atoms with Gasteiger partial charge in [-0.2, -0.15) is 0 Å². The Labute approximate surface area is 273 Å². The highest BCUT2D eigenvalue weighted by Gasteiger charge is 2.33. The first-order valence-electron chi connectivity index (χ1n) is 14.7. The molecule has 0 radical (unpaired) electrons. The lowest BCUT2D eigenvalue weighted by Crippen LogP contribution is -2.33. The molecule has 10 heteroatoms. The number of benzene rings is 4. The molecule has 5 aromatic rings. The fourth-order valence-corrected chi connectivity index (χ4v) is 6.16. The normalized spacial score (nSPS) is 14.4. The summed E-state index contributed by atoms with van der Waals surface area (Å²) < 4.78 is 0. The minimum Gasteiger partial charge on any atom is -0.476 e. The number of aromatic nitrogens is 3. The molecule has 0 spiro atoms. The van der Waals surface area contributed by atoms with Crippen LogP contribution in [-0.4, -0.2) is 43.7 Å². The monoisotopic (exact) mass is 642 g/mol. The van der Waals surface area contributed by atoms with E-state index < -0.39 is 11.9 Å². The maximum Gasteiger partial charge on any atom is 0.358 e. The van der Waals surface area contributed by atoms with Crippen LogP contribution in [0.3, 0.4) is 0 Å². The second kappa shape index (κ2) is 13.3. The van der Waals surface area contributed by atoms with Gasteiger partial charge < -0.3 is 10.4 Å². The van der Waals surface area contributed by atoms with Crippen LogP contribution in [-0.2, 0) is 16.0 Å². The third-order valence-electron chi connectivity index (χ3n) is 8.03. The van der Waals surface area contributed by atoms with E-state index in [0.717, 1.165) is 49.3 Å². The number of carbonyl (C=O) groups excluding carboxylic acids is 3. The Balaban J connectivity index is 0.000000373. The summed E-state index contributed by atoms with van der Waals surface area (Å²) in [5.41, 5.74) is 4.60. The molecular weight excluding hydrogens is 616 g/mol. The van der Waals surface area contributed by atoms with Gasteiger partial charge in [0.25, 0.3) is 0 Å². The fraction of sp³-hybridized carbons (Fsp3) is 0.108. The van der Waals surface area contributed by atoms with Crippen LogP contribution in [0.25, 0.3) is 11.6 Å². The molecular formula is C37H27ClN4O5. The third-order valence-corrected chi connectivity index (χ3v) is 8.28. The van der Waals surface area contributed by atoms with Gasteiger partial charge in [0.1, 0.15) is 12.1 Å². The Hall–Kier alpha value is -5.80. The molecule has 1 heterocycles. The van der Waals surface area contributed by atoms with Gasteiger partial charge in [-0.1, -0.05) is 72.3 Å². The molecule has 1 atom stereocenters. The Morgan fingerprint density at radius 2 is 1.70 bits per heavy atom. The summed E-state index contributed by atoms with van der Waals surface area (Å²) in [4.78, 5) is 52.7. The summed E-state index contributed by atoms with van der Waals surface area (Å²) in [7, 11) is 0. The lowest BCUT2D eigenvalue weighted by atomic mass is 9.74. The molecule has 1 unspecified atom stereocenters. The minimum atomic E-state index is -1.12. The van der Waals surface area contributed by atoms with Crippen LogP contribution in [0.1, 0.15) is 56.8 Å². The number of ketones is 2. The van der Waals surface area contributed by atoms with Crippen LogP contribution in [0, 0.1) is 10.4 Å². The minimum absolute atomic E-state index is 0.0624. The van der Waals surface area contributed by atoms with E-state index in [1.807, 2.05) is 84.9 Å². The van der Waals surface area contributed by atoms with Gasteiger partial charge in [-0.3, -0.25) is 14.4 Å². The lowest BCUT2D eigenvalue weighted by molar-refractivity contribution is -0.119. The molecule has 0 fully saturated rings. The van der Waals surface area contributed by atoms with Crippen LogP contribution in [0.4, 0.5) is 5.69 Å². The predicted octanol–water partition coefficient (Wildman–Crippen LogP) is 4.63. The number of rotatable bonds is 5. The molecule has 2 N–H and O–H groups in total. The number of halogens is 1. The number of fused-ring (bicyclic) bond motifs is 4. The number of aromatic carboxylic acids is 1. The first kappa shape index (κ1) is 31.2. The highest BCUT2D eigenvalue weighted by Crippen LogP contribution is 2.34. The number of amides is 1. The maximum absolute atomic E-state index is 13.9. The topological polar surface area (TPSA) is 139 Å². The number of hydrogen-bond acceptors (Lipinski definition) is 7. The zero-order valence-electron chi connectivity index (χ0n) is 25.1. The van der Waals surface area contributed by atoms with Gasteiger partial charge in [0.15, 0.2) is 11.5 Å². The van der Waals surface area contributed by atoms with Crippen molar-refractivity contribution in [1.29, 1.82) is 0 Å². The van der Waals surface area contributed by atoms with E-state index in [1.54, 1.807) is 6.08 Å². The van der Waals surface area contributed by atoms with Gasteiger partial charge >= 0.3 is 5.97 Å². The van der Waals surface area contributed by atoms with E-state index in [2.05, 4.69) is 20.5 Å². The van der Waals surface area contributed by atoms with Crippen LogP contribution in [0.15, 0.2) is 97.5 Å². The van der Waals surface area contributed by atoms with Crippen molar-refractivity contribution in [3.05, 3.63) is 151 Å². The smallest absolute Gasteiger partial charge is 0.358 e. The Kier molecular flexibility index (Phi) is 8.81. The van der Waals surface area contributed by atoms with Gasteiger partial charge in [0, 0.05) is 35.5 Å². The summed E-state index contributed by atoms with van der Waals surface area (Å²) in [6.07, 6.45) is 4.70. The average molecular weight is 643 g/mol. The second-order valence-electron chi connectivity index (χ2n) is 11.1. The van der Waals surface area contributed by atoms with E-state index in [1.165, 1.54) is 13.3 Å². The number of Topliss-reactive ketones (excluding diaryl/α,β-unsaturated/α-hetero) is 2. The van der Waals surface area contributed by atoms with Gasteiger partial charge in [-0.05, 0) is 79.9 Å². The van der Waals surface area contributed by atoms with Crippen molar-refractivity contribution in [2.75, 3.05) is 5.32 Å². The SMILES string of the molecule is CC(=O)Nc1cccc(C2=c3ccc4c(c3C(Cc3ccc(Cl)cc3)C(=O)C2)C(=O)C=c2ccccc2=4)c1.O=C(O)c1cncnn1. The summed E-state index contributed by atoms with van der Waals surface area (Å²) in [5, 5.41) is 21.9. The average Bonchev–Trinajstić information content (AvgIpc) is 3.07. The number of carboxylic acid groups (broad SMARTS) is 1. The van der Waals surface area contributed by atoms with Crippen LogP contribution in [0.5, 0.6) is 0 Å². The molecule has 2 aliphatic rings. The number of hydrogen-bond donors (Lipinski definition) is 2. The van der Waals surface area contributed by atoms with Crippen molar-refractivity contribution in [3.8, 4) is 0 Å². The third kappa shape index (κ3) is 6.61. The van der Waals surface area contributed by atoms with E-state index in [-0.39, 0.29) is 29.6 Å². The quantitative estimate of drug-likeness (QED) is 0.283. The van der Waals surface area contributed by atoms with Crippen molar-refractivity contribution in [2.45, 2.75) is 25.7 Å². The largest absolute Gasteiger partial charge is 0.476 e. The number of nitrogens with one attached hydrogen (secondary N) is 1. The van der Waals surface area contributed by atoms with Crippen molar-refractivity contribution >= 4 is 52.4 Å². The Bertz CT molecular complexity index is 2290. The molecule has 1 amide bonds. The molecule has 232 valence electrons. The summed E-state index contributed by atoms with van der Waals surface area (Å²) in [6, 6.07) is 26.9. The van der Waals surface area contributed by atoms with Gasteiger partial charge in [-0.15, -0.1) is 10.2 Å². The molecule has 4 aromatic carbocycles. The number of carbonyl (C=O) groups is 4. The molecule has 47 heavy (non-hydrogen) atoms. The van der Waals surface area contributed by atoms with Gasteiger partial charge in [0.2, 0.25) is 5.91 Å². The lowest BCUT2D eigenvalue weighted by Gasteiger charge is -2.27. The Morgan fingerprint density at radius 3 is 2.40 bits per heavy atom. The zero-order chi connectivity index (χ0) is 33.1. The second-order valence-corrected chi connectivity index (χ2v) is 11.5. The van der Waals surface area contributed by atoms with Crippen molar-refractivity contribution < 1.29 is 24.3 Å². The number of nitrogens with zero attached hydrogens (tertiary/aromatic N) is 3.